The summed E-state index contributed by atoms with van der Waals surface area (Å²) in [4.78, 5) is 0. The Labute approximate surface area is 205 Å². The molecule has 0 radical (unpaired) electrons. The SMILES string of the molecule is Cc1cc(C2(c3cc(C)c(O[Si](C)(C)C)c(C)c3)CCCC(C)C2)cc(C)c1O[Si](C)(C)C. The van der Waals surface area contributed by atoms with Crippen molar-refractivity contribution in [1.82, 2.24) is 0 Å². The van der Waals surface area contributed by atoms with Gasteiger partial charge in [-0.2, -0.15) is 0 Å². The molecule has 3 rings (SSSR count). The zero-order valence-corrected chi connectivity index (χ0v) is 25.0. The zero-order chi connectivity index (χ0) is 24.8. The van der Waals surface area contributed by atoms with Crippen LogP contribution in [0.5, 0.6) is 11.5 Å². The molecule has 0 spiro atoms. The van der Waals surface area contributed by atoms with Gasteiger partial charge < -0.3 is 8.85 Å². The number of hydrogen-bond donors (Lipinski definition) is 0. The molecule has 182 valence electrons. The summed E-state index contributed by atoms with van der Waals surface area (Å²) in [6, 6.07) is 9.71. The van der Waals surface area contributed by atoms with E-state index in [1.807, 2.05) is 0 Å². The van der Waals surface area contributed by atoms with Crippen molar-refractivity contribution in [1.29, 1.82) is 0 Å². The topological polar surface area (TPSA) is 18.5 Å². The van der Waals surface area contributed by atoms with E-state index in [-0.39, 0.29) is 5.41 Å². The molecule has 1 fully saturated rings. The fourth-order valence-electron chi connectivity index (χ4n) is 5.63. The maximum absolute atomic E-state index is 6.49. The second-order valence-corrected chi connectivity index (χ2v) is 21.4. The normalized spacial score (nSPS) is 18.8. The molecule has 1 saturated carbocycles. The van der Waals surface area contributed by atoms with Gasteiger partial charge in [0, 0.05) is 5.41 Å². The van der Waals surface area contributed by atoms with Crippen molar-refractivity contribution in [2.45, 2.75) is 105 Å². The van der Waals surface area contributed by atoms with E-state index in [0.29, 0.717) is 0 Å². The lowest BCUT2D eigenvalue weighted by atomic mass is 9.62. The monoisotopic (exact) mass is 482 g/mol. The summed E-state index contributed by atoms with van der Waals surface area (Å²) in [5.41, 5.74) is 8.08. The van der Waals surface area contributed by atoms with Crippen molar-refractivity contribution in [2.24, 2.45) is 5.92 Å². The second-order valence-electron chi connectivity index (χ2n) is 12.6. The Kier molecular flexibility index (Phi) is 7.32. The van der Waals surface area contributed by atoms with E-state index in [1.54, 1.807) is 0 Å². The minimum absolute atomic E-state index is 0.0537. The van der Waals surface area contributed by atoms with Gasteiger partial charge >= 0.3 is 0 Å². The molecule has 1 unspecified atom stereocenters. The van der Waals surface area contributed by atoms with Crippen LogP contribution in [-0.4, -0.2) is 16.6 Å². The predicted molar refractivity (Wildman–Crippen MR) is 148 cm³/mol. The van der Waals surface area contributed by atoms with Crippen molar-refractivity contribution < 1.29 is 8.85 Å². The highest BCUT2D eigenvalue weighted by Crippen LogP contribution is 2.49. The van der Waals surface area contributed by atoms with E-state index in [9.17, 15) is 0 Å². The summed E-state index contributed by atoms with van der Waals surface area (Å²) in [6.45, 7) is 24.9. The van der Waals surface area contributed by atoms with Gasteiger partial charge in [-0.05, 0) is 119 Å². The Morgan fingerprint density at radius 3 is 1.36 bits per heavy atom. The minimum atomic E-state index is -1.66. The van der Waals surface area contributed by atoms with E-state index in [2.05, 4.69) is 98.2 Å². The molecular weight excluding hydrogens is 436 g/mol. The van der Waals surface area contributed by atoms with Crippen LogP contribution in [0.2, 0.25) is 39.3 Å². The average Bonchev–Trinajstić information content (AvgIpc) is 2.65. The van der Waals surface area contributed by atoms with E-state index in [1.165, 1.54) is 59.1 Å². The number of aryl methyl sites for hydroxylation is 4. The Morgan fingerprint density at radius 2 is 1.06 bits per heavy atom. The van der Waals surface area contributed by atoms with Crippen LogP contribution in [0.15, 0.2) is 24.3 Å². The Morgan fingerprint density at radius 1 is 0.697 bits per heavy atom. The minimum Gasteiger partial charge on any atom is -0.544 e. The second kappa shape index (κ2) is 9.26. The number of rotatable bonds is 6. The molecular formula is C29H46O2Si2. The van der Waals surface area contributed by atoms with E-state index in [0.717, 1.165) is 17.4 Å². The maximum atomic E-state index is 6.49. The lowest BCUT2D eigenvalue weighted by Crippen LogP contribution is -2.35. The van der Waals surface area contributed by atoms with Gasteiger partial charge in [-0.1, -0.05) is 44.0 Å². The van der Waals surface area contributed by atoms with Crippen LogP contribution < -0.4 is 8.85 Å². The van der Waals surface area contributed by atoms with Gasteiger partial charge in [-0.3, -0.25) is 0 Å². The lowest BCUT2D eigenvalue weighted by molar-refractivity contribution is 0.272. The van der Waals surface area contributed by atoms with E-state index < -0.39 is 16.6 Å². The highest BCUT2D eigenvalue weighted by atomic mass is 28.4. The fourth-order valence-corrected chi connectivity index (χ4v) is 7.50. The molecule has 2 aromatic rings. The first-order valence-corrected chi connectivity index (χ1v) is 19.5. The van der Waals surface area contributed by atoms with Crippen molar-refractivity contribution in [3.05, 3.63) is 57.6 Å². The summed E-state index contributed by atoms with van der Waals surface area (Å²) < 4.78 is 13.0. The first-order chi connectivity index (χ1) is 15.1. The third-order valence-electron chi connectivity index (χ3n) is 6.84. The summed E-state index contributed by atoms with van der Waals surface area (Å²) in [5.74, 6) is 2.92. The summed E-state index contributed by atoms with van der Waals surface area (Å²) in [6.07, 6.45) is 5.01. The molecule has 4 heteroatoms. The molecule has 1 aliphatic carbocycles. The summed E-state index contributed by atoms with van der Waals surface area (Å²) in [7, 11) is -3.33. The van der Waals surface area contributed by atoms with Crippen molar-refractivity contribution in [2.75, 3.05) is 0 Å². The lowest BCUT2D eigenvalue weighted by Gasteiger charge is -2.42. The molecule has 0 aliphatic heterocycles. The van der Waals surface area contributed by atoms with Crippen molar-refractivity contribution in [3.8, 4) is 11.5 Å². The Balaban J connectivity index is 2.16. The van der Waals surface area contributed by atoms with Crippen LogP contribution in [0.25, 0.3) is 0 Å². The van der Waals surface area contributed by atoms with Crippen LogP contribution in [0.4, 0.5) is 0 Å². The molecule has 33 heavy (non-hydrogen) atoms. The average molecular weight is 483 g/mol. The third-order valence-corrected chi connectivity index (χ3v) is 8.47. The largest absolute Gasteiger partial charge is 0.544 e. The molecule has 0 amide bonds. The van der Waals surface area contributed by atoms with E-state index in [4.69, 9.17) is 8.85 Å². The summed E-state index contributed by atoms with van der Waals surface area (Å²) in [5, 5.41) is 0. The first kappa shape index (κ1) is 26.1. The molecule has 1 atom stereocenters. The number of benzene rings is 2. The molecule has 1 aliphatic rings. The number of hydrogen-bond acceptors (Lipinski definition) is 2. The molecule has 2 aromatic carbocycles. The van der Waals surface area contributed by atoms with Gasteiger partial charge in [0.2, 0.25) is 16.6 Å². The van der Waals surface area contributed by atoms with Crippen LogP contribution >= 0.6 is 0 Å². The van der Waals surface area contributed by atoms with Gasteiger partial charge in [-0.25, -0.2) is 0 Å². The van der Waals surface area contributed by atoms with E-state index >= 15 is 0 Å². The van der Waals surface area contributed by atoms with Gasteiger partial charge in [0.05, 0.1) is 0 Å². The van der Waals surface area contributed by atoms with Crippen LogP contribution in [0, 0.1) is 33.6 Å². The Hall–Kier alpha value is -1.53. The van der Waals surface area contributed by atoms with Crippen LogP contribution in [0.3, 0.4) is 0 Å². The third kappa shape index (κ3) is 5.94. The van der Waals surface area contributed by atoms with Gasteiger partial charge in [0.1, 0.15) is 11.5 Å². The molecule has 0 bridgehead atoms. The summed E-state index contributed by atoms with van der Waals surface area (Å²) >= 11 is 0. The molecule has 0 saturated heterocycles. The van der Waals surface area contributed by atoms with Gasteiger partial charge in [0.15, 0.2) is 0 Å². The highest BCUT2D eigenvalue weighted by Gasteiger charge is 2.39. The maximum Gasteiger partial charge on any atom is 0.242 e. The molecule has 0 heterocycles. The molecule has 2 nitrogen and oxygen atoms in total. The fraction of sp³-hybridized carbons (Fsp3) is 0.586. The smallest absolute Gasteiger partial charge is 0.242 e. The van der Waals surface area contributed by atoms with Crippen molar-refractivity contribution in [3.63, 3.8) is 0 Å². The van der Waals surface area contributed by atoms with Crippen molar-refractivity contribution >= 4 is 16.6 Å². The zero-order valence-electron chi connectivity index (χ0n) is 23.0. The van der Waals surface area contributed by atoms with Gasteiger partial charge in [0.25, 0.3) is 0 Å². The standard InChI is InChI=1S/C29H46O2Si2/c1-20-13-12-14-29(19-20,25-15-21(2)27(22(3)16-25)30-32(6,7)8)26-17-23(4)28(24(5)18-26)31-33(9,10)11/h15-18,20H,12-14,19H2,1-11H3. The Bertz CT molecular complexity index is 894. The van der Waals surface area contributed by atoms with Crippen LogP contribution in [0.1, 0.15) is 66.0 Å². The predicted octanol–water partition coefficient (Wildman–Crippen LogP) is 8.84. The first-order valence-electron chi connectivity index (χ1n) is 12.7. The van der Waals surface area contributed by atoms with Crippen LogP contribution in [-0.2, 0) is 5.41 Å². The van der Waals surface area contributed by atoms with Gasteiger partial charge in [-0.15, -0.1) is 0 Å². The molecule has 0 aromatic heterocycles. The highest BCUT2D eigenvalue weighted by molar-refractivity contribution is 6.70. The quantitative estimate of drug-likeness (QED) is 0.383. The molecule has 0 N–H and O–H groups in total.